The van der Waals surface area contributed by atoms with Crippen LogP contribution in [0, 0.1) is 5.82 Å². The number of aromatic amines is 1. The lowest BCUT2D eigenvalue weighted by Crippen LogP contribution is -2.39. The fourth-order valence-electron chi connectivity index (χ4n) is 3.74. The van der Waals surface area contributed by atoms with E-state index in [4.69, 9.17) is 16.7 Å². The molecule has 0 aliphatic carbocycles. The van der Waals surface area contributed by atoms with E-state index in [1.54, 1.807) is 23.2 Å². The zero-order valence-electron chi connectivity index (χ0n) is 15.5. The predicted molar refractivity (Wildman–Crippen MR) is 106 cm³/mol. The maximum atomic E-state index is 14.6. The minimum absolute atomic E-state index is 0.0891. The lowest BCUT2D eigenvalue weighted by molar-refractivity contribution is -0.135. The molecular weight excluding hydrogens is 397 g/mol. The molecule has 2 N–H and O–H groups in total. The molecule has 4 rings (SSSR count). The van der Waals surface area contributed by atoms with Crippen molar-refractivity contribution < 1.29 is 14.3 Å². The number of benzene rings is 1. The van der Waals surface area contributed by atoms with Crippen molar-refractivity contribution in [2.24, 2.45) is 0 Å². The number of aliphatic hydroxyl groups is 1. The summed E-state index contributed by atoms with van der Waals surface area (Å²) in [4.78, 5) is 21.7. The van der Waals surface area contributed by atoms with Gasteiger partial charge in [0.05, 0.1) is 5.69 Å². The van der Waals surface area contributed by atoms with E-state index in [0.29, 0.717) is 53.5 Å². The zero-order valence-corrected chi connectivity index (χ0v) is 16.2. The summed E-state index contributed by atoms with van der Waals surface area (Å²) in [7, 11) is 0. The monoisotopic (exact) mass is 415 g/mol. The summed E-state index contributed by atoms with van der Waals surface area (Å²) in [6.07, 6.45) is 4.46. The van der Waals surface area contributed by atoms with Crippen LogP contribution in [0.15, 0.2) is 36.8 Å². The van der Waals surface area contributed by atoms with Crippen LogP contribution in [0.3, 0.4) is 0 Å². The summed E-state index contributed by atoms with van der Waals surface area (Å²) in [5.74, 6) is -0.608. The number of carbonyl (C=O) groups excluding carboxylic acids is 1. The van der Waals surface area contributed by atoms with Crippen molar-refractivity contribution in [1.29, 1.82) is 0 Å². The van der Waals surface area contributed by atoms with Crippen LogP contribution in [0.25, 0.3) is 22.5 Å². The van der Waals surface area contributed by atoms with Crippen LogP contribution in [0.2, 0.25) is 5.02 Å². The van der Waals surface area contributed by atoms with E-state index >= 15 is 0 Å². The Morgan fingerprint density at radius 1 is 1.31 bits per heavy atom. The number of nitrogens with zero attached hydrogens (tertiary/aromatic N) is 4. The number of hydrogen-bond donors (Lipinski definition) is 2. The quantitative estimate of drug-likeness (QED) is 0.683. The van der Waals surface area contributed by atoms with Gasteiger partial charge in [0.15, 0.2) is 0 Å². The van der Waals surface area contributed by atoms with Crippen LogP contribution in [-0.2, 0) is 4.79 Å². The third-order valence-electron chi connectivity index (χ3n) is 5.21. The van der Waals surface area contributed by atoms with Crippen LogP contribution in [0.1, 0.15) is 24.5 Å². The van der Waals surface area contributed by atoms with Gasteiger partial charge in [0, 0.05) is 47.0 Å². The van der Waals surface area contributed by atoms with Crippen molar-refractivity contribution in [2.75, 3.05) is 19.7 Å². The Balaban J connectivity index is 1.75. The Hall–Kier alpha value is -2.84. The van der Waals surface area contributed by atoms with E-state index < -0.39 is 12.4 Å². The van der Waals surface area contributed by atoms with Crippen molar-refractivity contribution in [3.05, 3.63) is 53.3 Å². The molecule has 150 valence electrons. The molecule has 1 amide bonds. The third kappa shape index (κ3) is 3.86. The summed E-state index contributed by atoms with van der Waals surface area (Å²) in [5.41, 5.74) is 2.91. The molecule has 0 bridgehead atoms. The highest BCUT2D eigenvalue weighted by molar-refractivity contribution is 6.30. The summed E-state index contributed by atoms with van der Waals surface area (Å²) in [5, 5.41) is 17.0. The first-order valence-corrected chi connectivity index (χ1v) is 9.65. The van der Waals surface area contributed by atoms with Crippen LogP contribution in [0.4, 0.5) is 4.39 Å². The number of piperidine rings is 1. The average Bonchev–Trinajstić information content (AvgIpc) is 3.20. The van der Waals surface area contributed by atoms with E-state index in [9.17, 15) is 9.18 Å². The Kier molecular flexibility index (Phi) is 5.55. The molecule has 0 radical (unpaired) electrons. The number of rotatable bonds is 4. The van der Waals surface area contributed by atoms with Gasteiger partial charge in [-0.25, -0.2) is 14.4 Å². The lowest BCUT2D eigenvalue weighted by atomic mass is 9.88. The normalized spacial score (nSPS) is 14.9. The number of nitrogens with one attached hydrogen (secondary N) is 1. The van der Waals surface area contributed by atoms with Gasteiger partial charge in [0.25, 0.3) is 0 Å². The van der Waals surface area contributed by atoms with Gasteiger partial charge in [-0.15, -0.1) is 0 Å². The van der Waals surface area contributed by atoms with Crippen LogP contribution in [0.5, 0.6) is 0 Å². The van der Waals surface area contributed by atoms with E-state index in [1.165, 1.54) is 18.5 Å². The molecule has 0 atom stereocenters. The fraction of sp³-hybridized carbons (Fsp3) is 0.300. The van der Waals surface area contributed by atoms with Gasteiger partial charge in [0.1, 0.15) is 24.4 Å². The molecule has 0 saturated carbocycles. The second-order valence-electron chi connectivity index (χ2n) is 6.89. The number of aromatic nitrogens is 4. The number of H-pyrrole nitrogens is 1. The minimum atomic E-state index is -0.487. The van der Waals surface area contributed by atoms with Crippen molar-refractivity contribution in [3.63, 3.8) is 0 Å². The van der Waals surface area contributed by atoms with Crippen molar-refractivity contribution in [3.8, 4) is 22.5 Å². The second-order valence-corrected chi connectivity index (χ2v) is 7.33. The molecule has 7 nitrogen and oxygen atoms in total. The van der Waals surface area contributed by atoms with Gasteiger partial charge < -0.3 is 10.0 Å². The molecule has 3 aromatic rings. The molecule has 1 aromatic carbocycles. The zero-order chi connectivity index (χ0) is 20.4. The number of amides is 1. The van der Waals surface area contributed by atoms with Gasteiger partial charge in [-0.1, -0.05) is 11.6 Å². The number of hydrogen-bond acceptors (Lipinski definition) is 5. The molecule has 1 fully saturated rings. The van der Waals surface area contributed by atoms with E-state index in [-0.39, 0.29) is 11.8 Å². The van der Waals surface area contributed by atoms with E-state index in [2.05, 4.69) is 20.2 Å². The summed E-state index contributed by atoms with van der Waals surface area (Å²) in [6.45, 7) is 0.583. The van der Waals surface area contributed by atoms with Crippen LogP contribution in [-0.4, -0.2) is 55.8 Å². The first-order chi connectivity index (χ1) is 14.1. The van der Waals surface area contributed by atoms with Gasteiger partial charge in [0.2, 0.25) is 5.91 Å². The molecule has 9 heteroatoms. The van der Waals surface area contributed by atoms with E-state index in [1.807, 2.05) is 0 Å². The van der Waals surface area contributed by atoms with Gasteiger partial charge in [-0.3, -0.25) is 9.89 Å². The third-order valence-corrected chi connectivity index (χ3v) is 5.44. The second kappa shape index (κ2) is 8.26. The highest BCUT2D eigenvalue weighted by atomic mass is 35.5. The summed E-state index contributed by atoms with van der Waals surface area (Å²) in [6, 6.07) is 6.11. The molecule has 1 aliphatic heterocycles. The van der Waals surface area contributed by atoms with Crippen molar-refractivity contribution in [1.82, 2.24) is 25.1 Å². The molecule has 2 aromatic heterocycles. The fourth-order valence-corrected chi connectivity index (χ4v) is 3.91. The maximum Gasteiger partial charge on any atom is 0.248 e. The highest BCUT2D eigenvalue weighted by Gasteiger charge is 2.29. The average molecular weight is 416 g/mol. The lowest BCUT2D eigenvalue weighted by Gasteiger charge is -2.31. The molecule has 3 heterocycles. The van der Waals surface area contributed by atoms with Gasteiger partial charge >= 0.3 is 0 Å². The maximum absolute atomic E-state index is 14.6. The Morgan fingerprint density at radius 2 is 2.10 bits per heavy atom. The Bertz CT molecular complexity index is 1020. The summed E-state index contributed by atoms with van der Waals surface area (Å²) < 4.78 is 14.6. The Morgan fingerprint density at radius 3 is 2.79 bits per heavy atom. The smallest absolute Gasteiger partial charge is 0.248 e. The molecule has 1 aliphatic rings. The highest BCUT2D eigenvalue weighted by Crippen LogP contribution is 2.40. The molecular formula is C20H19ClFN5O2. The number of carbonyl (C=O) groups is 1. The first kappa shape index (κ1) is 19.5. The topological polar surface area (TPSA) is 95.0 Å². The molecule has 1 saturated heterocycles. The van der Waals surface area contributed by atoms with Crippen molar-refractivity contribution >= 4 is 17.5 Å². The number of likely N-dealkylation sites (tertiary alicyclic amines) is 1. The van der Waals surface area contributed by atoms with Gasteiger partial charge in [-0.05, 0) is 37.1 Å². The van der Waals surface area contributed by atoms with Gasteiger partial charge in [-0.2, -0.15) is 5.10 Å². The standard InChI is InChI=1S/C20H19ClFN5O2/c21-13-1-2-15(22)14(9-13)20-18(16-3-6-23-11-24-16)19(25-26-20)12-4-7-27(8-5-12)17(29)10-28/h1-3,6,9,11-12,28H,4-5,7-8,10H2,(H,25,26). The largest absolute Gasteiger partial charge is 0.387 e. The molecule has 0 unspecified atom stereocenters. The number of halogens is 2. The SMILES string of the molecule is O=C(CO)N1CCC(c2[nH]nc(-c3cc(Cl)ccc3F)c2-c2ccncn2)CC1. The van der Waals surface area contributed by atoms with Crippen molar-refractivity contribution in [2.45, 2.75) is 18.8 Å². The van der Waals surface area contributed by atoms with E-state index in [0.717, 1.165) is 5.69 Å². The van der Waals surface area contributed by atoms with Crippen LogP contribution < -0.4 is 0 Å². The minimum Gasteiger partial charge on any atom is -0.387 e. The molecule has 0 spiro atoms. The predicted octanol–water partition coefficient (Wildman–Crippen LogP) is 3.02. The number of aliphatic hydroxyl groups excluding tert-OH is 1. The first-order valence-electron chi connectivity index (χ1n) is 9.27. The molecule has 29 heavy (non-hydrogen) atoms. The van der Waals surface area contributed by atoms with Crippen LogP contribution >= 0.6 is 11.6 Å². The summed E-state index contributed by atoms with van der Waals surface area (Å²) >= 11 is 6.09. The Labute approximate surface area is 171 Å².